The zero-order chi connectivity index (χ0) is 31.2. The van der Waals surface area contributed by atoms with Crippen molar-refractivity contribution in [3.63, 3.8) is 0 Å². The number of rotatable bonds is 5. The molecule has 8 aromatic rings. The minimum absolute atomic E-state index is 0.141. The van der Waals surface area contributed by atoms with E-state index in [0.29, 0.717) is 0 Å². The normalized spacial score (nSPS) is 14.6. The number of benzene rings is 7. The van der Waals surface area contributed by atoms with Crippen LogP contribution in [0.25, 0.3) is 58.9 Å². The van der Waals surface area contributed by atoms with Crippen molar-refractivity contribution < 1.29 is 0 Å². The van der Waals surface area contributed by atoms with Crippen molar-refractivity contribution in [3.8, 4) is 22.3 Å². The molecule has 47 heavy (non-hydrogen) atoms. The number of nitrogens with one attached hydrogen (secondary N) is 1. The molecule has 1 N–H and O–H groups in total. The lowest BCUT2D eigenvalue weighted by Gasteiger charge is -2.24. The molecule has 0 saturated carbocycles. The van der Waals surface area contributed by atoms with E-state index in [9.17, 15) is 0 Å². The van der Waals surface area contributed by atoms with Gasteiger partial charge in [-0.15, -0.1) is 11.3 Å². The number of thiophene rings is 1. The van der Waals surface area contributed by atoms with Gasteiger partial charge >= 0.3 is 0 Å². The Labute approximate surface area is 278 Å². The summed E-state index contributed by atoms with van der Waals surface area (Å²) in [5, 5.41) is 8.90. The molecule has 1 atom stereocenters. The fraction of sp³-hybridized carbons (Fsp3) is 0.0227. The minimum atomic E-state index is -0.141. The molecule has 1 unspecified atom stereocenters. The van der Waals surface area contributed by atoms with Crippen molar-refractivity contribution in [2.45, 2.75) is 6.04 Å². The Hall–Kier alpha value is -5.77. The van der Waals surface area contributed by atoms with Crippen LogP contribution in [0.2, 0.25) is 0 Å². The van der Waals surface area contributed by atoms with Crippen LogP contribution in [-0.4, -0.2) is 5.84 Å². The van der Waals surface area contributed by atoms with Crippen LogP contribution in [0.5, 0.6) is 0 Å². The van der Waals surface area contributed by atoms with Crippen LogP contribution in [0.3, 0.4) is 0 Å². The van der Waals surface area contributed by atoms with Crippen LogP contribution in [0.4, 0.5) is 0 Å². The summed E-state index contributed by atoms with van der Waals surface area (Å²) in [4.78, 5) is 5.27. The van der Waals surface area contributed by atoms with Crippen molar-refractivity contribution in [2.75, 3.05) is 0 Å². The molecule has 0 saturated heterocycles. The second kappa shape index (κ2) is 11.5. The molecule has 222 valence electrons. The molecule has 0 fully saturated rings. The highest BCUT2D eigenvalue weighted by atomic mass is 32.1. The third-order valence-corrected chi connectivity index (χ3v) is 10.3. The van der Waals surface area contributed by atoms with E-state index in [1.807, 2.05) is 17.4 Å². The van der Waals surface area contributed by atoms with Gasteiger partial charge in [0.05, 0.1) is 6.04 Å². The van der Waals surface area contributed by atoms with E-state index in [4.69, 9.17) is 4.99 Å². The zero-order valence-corrected chi connectivity index (χ0v) is 26.4. The quantitative estimate of drug-likeness (QED) is 0.204. The van der Waals surface area contributed by atoms with Crippen molar-refractivity contribution >= 4 is 53.8 Å². The summed E-state index contributed by atoms with van der Waals surface area (Å²) >= 11 is 1.89. The van der Waals surface area contributed by atoms with Gasteiger partial charge in [0, 0.05) is 31.4 Å². The van der Waals surface area contributed by atoms with E-state index in [-0.39, 0.29) is 6.04 Å². The molecule has 2 nitrogen and oxygen atoms in total. The number of hydrogen-bond acceptors (Lipinski definition) is 3. The molecule has 1 aliphatic rings. The predicted molar refractivity (Wildman–Crippen MR) is 201 cm³/mol. The van der Waals surface area contributed by atoms with Gasteiger partial charge in [-0.3, -0.25) is 4.99 Å². The SMILES string of the molecule is C1=C(c2ccc(-c3ccccc3)cc2)NC(c2ccccc2)=NC1c1cccc(-c2cccc3sc4c5ccccc5ccc4c23)c1. The first kappa shape index (κ1) is 27.5. The van der Waals surface area contributed by atoms with Gasteiger partial charge in [-0.05, 0) is 62.4 Å². The van der Waals surface area contributed by atoms with Crippen molar-refractivity contribution in [3.05, 3.63) is 187 Å². The molecule has 0 bridgehead atoms. The molecule has 3 heteroatoms. The van der Waals surface area contributed by atoms with Gasteiger partial charge in [0.2, 0.25) is 0 Å². The summed E-state index contributed by atoms with van der Waals surface area (Å²) in [5.41, 5.74) is 9.32. The summed E-state index contributed by atoms with van der Waals surface area (Å²) in [6.45, 7) is 0. The van der Waals surface area contributed by atoms with E-state index < -0.39 is 0 Å². The van der Waals surface area contributed by atoms with E-state index in [1.165, 1.54) is 53.2 Å². The first-order chi connectivity index (χ1) is 23.3. The second-order valence-corrected chi connectivity index (χ2v) is 13.1. The van der Waals surface area contributed by atoms with Gasteiger partial charge < -0.3 is 5.32 Å². The highest BCUT2D eigenvalue weighted by Crippen LogP contribution is 2.43. The maximum Gasteiger partial charge on any atom is 0.133 e. The van der Waals surface area contributed by atoms with E-state index in [0.717, 1.165) is 28.2 Å². The molecular weight excluding hydrogens is 589 g/mol. The molecule has 2 heterocycles. The summed E-state index contributed by atoms with van der Waals surface area (Å²) < 4.78 is 2.66. The van der Waals surface area contributed by atoms with Gasteiger partial charge in [-0.25, -0.2) is 0 Å². The molecule has 0 aliphatic carbocycles. The summed E-state index contributed by atoms with van der Waals surface area (Å²) in [5.74, 6) is 0.878. The Bertz CT molecular complexity index is 2470. The average molecular weight is 619 g/mol. The molecule has 0 amide bonds. The molecule has 9 rings (SSSR count). The van der Waals surface area contributed by atoms with Crippen molar-refractivity contribution in [1.82, 2.24) is 5.32 Å². The fourth-order valence-corrected chi connectivity index (χ4v) is 8.04. The predicted octanol–water partition coefficient (Wildman–Crippen LogP) is 11.7. The average Bonchev–Trinajstić information content (AvgIpc) is 3.55. The van der Waals surface area contributed by atoms with Crippen LogP contribution >= 0.6 is 11.3 Å². The zero-order valence-electron chi connectivity index (χ0n) is 25.6. The Balaban J connectivity index is 1.15. The second-order valence-electron chi connectivity index (χ2n) is 12.0. The number of aliphatic imine (C=N–C) groups is 1. The van der Waals surface area contributed by atoms with Gasteiger partial charge in [0.25, 0.3) is 0 Å². The van der Waals surface area contributed by atoms with Crippen molar-refractivity contribution in [1.29, 1.82) is 0 Å². The largest absolute Gasteiger partial charge is 0.340 e. The lowest BCUT2D eigenvalue weighted by atomic mass is 9.94. The third kappa shape index (κ3) is 5.02. The Morgan fingerprint density at radius 2 is 1.19 bits per heavy atom. The lowest BCUT2D eigenvalue weighted by Crippen LogP contribution is -2.27. The first-order valence-corrected chi connectivity index (χ1v) is 16.8. The topological polar surface area (TPSA) is 24.4 Å². The maximum absolute atomic E-state index is 5.27. The van der Waals surface area contributed by atoms with Gasteiger partial charge in [-0.1, -0.05) is 152 Å². The number of hydrogen-bond donors (Lipinski definition) is 1. The molecule has 1 aromatic heterocycles. The van der Waals surface area contributed by atoms with Crippen LogP contribution < -0.4 is 5.32 Å². The van der Waals surface area contributed by atoms with Crippen LogP contribution in [0, 0.1) is 0 Å². The van der Waals surface area contributed by atoms with Crippen LogP contribution in [0.1, 0.15) is 22.7 Å². The Morgan fingerprint density at radius 3 is 2.02 bits per heavy atom. The standard InChI is InChI=1S/C44H30N2S/c1-3-11-29(12-4-1)30-21-23-32(24-22-30)39-28-40(46-44(45-39)33-14-5-2-6-15-33)35-17-9-16-34(27-35)36-19-10-20-41-42(36)38-26-25-31-13-7-8-18-37(31)43(38)47-41/h1-28,40H,(H,45,46). The fourth-order valence-electron chi connectivity index (χ4n) is 6.77. The molecule has 1 aliphatic heterocycles. The molecule has 0 spiro atoms. The highest BCUT2D eigenvalue weighted by Gasteiger charge is 2.21. The highest BCUT2D eigenvalue weighted by molar-refractivity contribution is 7.26. The van der Waals surface area contributed by atoms with Crippen molar-refractivity contribution in [2.24, 2.45) is 4.99 Å². The van der Waals surface area contributed by atoms with Crippen LogP contribution in [-0.2, 0) is 0 Å². The number of fused-ring (bicyclic) bond motifs is 5. The Morgan fingerprint density at radius 1 is 0.511 bits per heavy atom. The van der Waals surface area contributed by atoms with E-state index >= 15 is 0 Å². The number of amidine groups is 1. The van der Waals surface area contributed by atoms with Gasteiger partial charge in [0.15, 0.2) is 0 Å². The monoisotopic (exact) mass is 618 g/mol. The van der Waals surface area contributed by atoms with Gasteiger partial charge in [0.1, 0.15) is 5.84 Å². The molecule has 0 radical (unpaired) electrons. The molecule has 7 aromatic carbocycles. The van der Waals surface area contributed by atoms with E-state index in [1.54, 1.807) is 0 Å². The smallest absolute Gasteiger partial charge is 0.133 e. The first-order valence-electron chi connectivity index (χ1n) is 16.0. The van der Waals surface area contributed by atoms with Gasteiger partial charge in [-0.2, -0.15) is 0 Å². The summed E-state index contributed by atoms with van der Waals surface area (Å²) in [6, 6.07) is 58.5. The summed E-state index contributed by atoms with van der Waals surface area (Å²) in [7, 11) is 0. The van der Waals surface area contributed by atoms with E-state index in [2.05, 4.69) is 169 Å². The minimum Gasteiger partial charge on any atom is -0.340 e. The molecular formula is C44H30N2S. The summed E-state index contributed by atoms with van der Waals surface area (Å²) in [6.07, 6.45) is 2.26. The number of nitrogens with zero attached hydrogens (tertiary/aromatic N) is 1. The van der Waals surface area contributed by atoms with Crippen LogP contribution in [0.15, 0.2) is 175 Å². The maximum atomic E-state index is 5.27. The third-order valence-electron chi connectivity index (χ3n) is 9.12. The lowest BCUT2D eigenvalue weighted by molar-refractivity contribution is 0.881. The Kier molecular flexibility index (Phi) is 6.76.